The molecule has 142 valence electrons. The van der Waals surface area contributed by atoms with Crippen LogP contribution in [0.5, 0.6) is 11.5 Å². The lowest BCUT2D eigenvalue weighted by atomic mass is 9.95. The van der Waals surface area contributed by atoms with Gasteiger partial charge in [0.25, 0.3) is 5.91 Å². The Balaban J connectivity index is 2.03. The Morgan fingerprint density at radius 3 is 2.62 bits per heavy atom. The summed E-state index contributed by atoms with van der Waals surface area (Å²) < 4.78 is 17.3. The van der Waals surface area contributed by atoms with Gasteiger partial charge in [0.2, 0.25) is 5.75 Å². The summed E-state index contributed by atoms with van der Waals surface area (Å²) in [4.78, 5) is 14.7. The Hall–Kier alpha value is -2.21. The van der Waals surface area contributed by atoms with E-state index in [2.05, 4.69) is 0 Å². The molecule has 6 heteroatoms. The number of rotatable bonds is 5. The zero-order valence-corrected chi connectivity index (χ0v) is 16.1. The van der Waals surface area contributed by atoms with Gasteiger partial charge in [-0.2, -0.15) is 0 Å². The normalized spacial score (nSPS) is 22.8. The molecule has 0 bridgehead atoms. The number of likely N-dealkylation sites (tertiary alicyclic amines) is 1. The number of furan rings is 1. The van der Waals surface area contributed by atoms with Crippen molar-refractivity contribution < 1.29 is 23.8 Å². The van der Waals surface area contributed by atoms with Crippen molar-refractivity contribution in [1.29, 1.82) is 0 Å². The second kappa shape index (κ2) is 6.83. The van der Waals surface area contributed by atoms with E-state index in [9.17, 15) is 9.90 Å². The molecule has 0 unspecified atom stereocenters. The molecule has 1 fully saturated rings. The van der Waals surface area contributed by atoms with Crippen LogP contribution in [-0.2, 0) is 0 Å². The SMILES string of the molecule is CCOc1ccc2c(C)c(C(=O)N3C[C@@H](C)[C@@](C)(O)C3)oc2c1OCC. The van der Waals surface area contributed by atoms with Crippen molar-refractivity contribution in [3.63, 3.8) is 0 Å². The Morgan fingerprint density at radius 1 is 1.35 bits per heavy atom. The number of amides is 1. The van der Waals surface area contributed by atoms with E-state index < -0.39 is 5.60 Å². The predicted octanol–water partition coefficient (Wildman–Crippen LogP) is 3.38. The zero-order valence-electron chi connectivity index (χ0n) is 16.1. The Bertz CT molecular complexity index is 823. The van der Waals surface area contributed by atoms with E-state index in [-0.39, 0.29) is 11.8 Å². The number of aryl methyl sites for hydroxylation is 1. The summed E-state index contributed by atoms with van der Waals surface area (Å²) in [6.07, 6.45) is 0. The highest BCUT2D eigenvalue weighted by molar-refractivity contribution is 6.01. The van der Waals surface area contributed by atoms with Crippen molar-refractivity contribution in [3.8, 4) is 11.5 Å². The molecule has 2 aromatic rings. The molecule has 26 heavy (non-hydrogen) atoms. The van der Waals surface area contributed by atoms with Crippen molar-refractivity contribution in [2.45, 2.75) is 40.2 Å². The smallest absolute Gasteiger partial charge is 0.290 e. The van der Waals surface area contributed by atoms with Crippen molar-refractivity contribution in [2.24, 2.45) is 5.92 Å². The maximum absolute atomic E-state index is 13.0. The maximum atomic E-state index is 13.0. The molecule has 2 heterocycles. The van der Waals surface area contributed by atoms with Gasteiger partial charge in [-0.1, -0.05) is 6.92 Å². The van der Waals surface area contributed by atoms with Gasteiger partial charge >= 0.3 is 0 Å². The third-order valence-corrected chi connectivity index (χ3v) is 5.16. The van der Waals surface area contributed by atoms with E-state index in [0.29, 0.717) is 49.1 Å². The molecule has 1 aliphatic heterocycles. The number of carbonyl (C=O) groups is 1. The highest BCUT2D eigenvalue weighted by Gasteiger charge is 2.42. The van der Waals surface area contributed by atoms with E-state index >= 15 is 0 Å². The van der Waals surface area contributed by atoms with E-state index in [1.54, 1.807) is 11.8 Å². The third kappa shape index (κ3) is 3.03. The molecule has 0 aliphatic carbocycles. The molecule has 0 radical (unpaired) electrons. The van der Waals surface area contributed by atoms with E-state index in [1.165, 1.54) is 0 Å². The van der Waals surface area contributed by atoms with Gasteiger partial charge in [0.05, 0.1) is 18.8 Å². The number of β-amino-alcohol motifs (C(OH)–C–C–N with tert-alkyl or cyclic N) is 1. The van der Waals surface area contributed by atoms with Crippen LogP contribution in [0.1, 0.15) is 43.8 Å². The van der Waals surface area contributed by atoms with Gasteiger partial charge in [-0.25, -0.2) is 0 Å². The first kappa shape index (κ1) is 18.6. The summed E-state index contributed by atoms with van der Waals surface area (Å²) in [5.41, 5.74) is 0.416. The summed E-state index contributed by atoms with van der Waals surface area (Å²) in [5, 5.41) is 11.2. The van der Waals surface area contributed by atoms with Gasteiger partial charge < -0.3 is 23.9 Å². The Kier molecular flexibility index (Phi) is 4.88. The van der Waals surface area contributed by atoms with Crippen molar-refractivity contribution in [3.05, 3.63) is 23.5 Å². The summed E-state index contributed by atoms with van der Waals surface area (Å²) in [5.74, 6) is 1.23. The fourth-order valence-electron chi connectivity index (χ4n) is 3.43. The predicted molar refractivity (Wildman–Crippen MR) is 99.0 cm³/mol. The summed E-state index contributed by atoms with van der Waals surface area (Å²) in [7, 11) is 0. The van der Waals surface area contributed by atoms with Crippen LogP contribution in [0.2, 0.25) is 0 Å². The van der Waals surface area contributed by atoms with Crippen LogP contribution >= 0.6 is 0 Å². The van der Waals surface area contributed by atoms with Gasteiger partial charge in [-0.3, -0.25) is 4.79 Å². The molecule has 1 amide bonds. The molecule has 0 saturated carbocycles. The number of hydrogen-bond acceptors (Lipinski definition) is 5. The standard InChI is InChI=1S/C20H27NO5/c1-6-24-15-9-8-14-13(4)16(26-17(14)18(15)25-7-2)19(22)21-10-12(3)20(5,23)11-21/h8-9,12,23H,6-7,10-11H2,1-5H3/t12-,20+/m1/s1. The van der Waals surface area contributed by atoms with Crippen LogP contribution in [0.25, 0.3) is 11.0 Å². The average Bonchev–Trinajstić information content (AvgIpc) is 3.06. The second-order valence-electron chi connectivity index (χ2n) is 7.14. The number of benzene rings is 1. The zero-order chi connectivity index (χ0) is 19.1. The third-order valence-electron chi connectivity index (χ3n) is 5.16. The monoisotopic (exact) mass is 361 g/mol. The van der Waals surface area contributed by atoms with E-state index in [1.807, 2.05) is 39.8 Å². The number of fused-ring (bicyclic) bond motifs is 1. The van der Waals surface area contributed by atoms with Crippen LogP contribution in [0.4, 0.5) is 0 Å². The lowest BCUT2D eigenvalue weighted by Gasteiger charge is -2.20. The molecule has 1 saturated heterocycles. The highest BCUT2D eigenvalue weighted by Crippen LogP contribution is 2.40. The number of ether oxygens (including phenoxy) is 2. The first-order valence-electron chi connectivity index (χ1n) is 9.13. The van der Waals surface area contributed by atoms with Crippen LogP contribution in [0.15, 0.2) is 16.5 Å². The maximum Gasteiger partial charge on any atom is 0.290 e. The van der Waals surface area contributed by atoms with Crippen LogP contribution < -0.4 is 9.47 Å². The number of hydrogen-bond donors (Lipinski definition) is 1. The average molecular weight is 361 g/mol. The molecule has 1 aliphatic rings. The quantitative estimate of drug-likeness (QED) is 0.884. The number of carbonyl (C=O) groups excluding carboxylic acids is 1. The molecular formula is C20H27NO5. The van der Waals surface area contributed by atoms with Gasteiger partial charge in [-0.15, -0.1) is 0 Å². The first-order chi connectivity index (χ1) is 12.3. The molecular weight excluding hydrogens is 334 g/mol. The van der Waals surface area contributed by atoms with Crippen LogP contribution in [-0.4, -0.2) is 47.8 Å². The lowest BCUT2D eigenvalue weighted by molar-refractivity contribution is 0.0346. The minimum Gasteiger partial charge on any atom is -0.490 e. The molecule has 6 nitrogen and oxygen atoms in total. The minimum absolute atomic E-state index is 0.0136. The summed E-state index contributed by atoms with van der Waals surface area (Å²) in [6.45, 7) is 11.2. The number of nitrogens with zero attached hydrogens (tertiary/aromatic N) is 1. The largest absolute Gasteiger partial charge is 0.490 e. The van der Waals surface area contributed by atoms with Gasteiger partial charge in [-0.05, 0) is 39.8 Å². The summed E-state index contributed by atoms with van der Waals surface area (Å²) >= 11 is 0. The van der Waals surface area contributed by atoms with Crippen LogP contribution in [0, 0.1) is 12.8 Å². The molecule has 1 N–H and O–H groups in total. The molecule has 0 spiro atoms. The molecule has 1 aromatic heterocycles. The lowest BCUT2D eigenvalue weighted by Crippen LogP contribution is -2.35. The van der Waals surface area contributed by atoms with Crippen molar-refractivity contribution in [1.82, 2.24) is 4.90 Å². The Labute approximate surface area is 153 Å². The molecule has 3 rings (SSSR count). The summed E-state index contributed by atoms with van der Waals surface area (Å²) in [6, 6.07) is 3.73. The topological polar surface area (TPSA) is 72.1 Å². The Morgan fingerprint density at radius 2 is 2.04 bits per heavy atom. The van der Waals surface area contributed by atoms with Crippen LogP contribution in [0.3, 0.4) is 0 Å². The van der Waals surface area contributed by atoms with Gasteiger partial charge in [0, 0.05) is 30.0 Å². The highest BCUT2D eigenvalue weighted by atomic mass is 16.5. The van der Waals surface area contributed by atoms with Crippen molar-refractivity contribution in [2.75, 3.05) is 26.3 Å². The first-order valence-corrected chi connectivity index (χ1v) is 9.13. The van der Waals surface area contributed by atoms with E-state index in [4.69, 9.17) is 13.9 Å². The van der Waals surface area contributed by atoms with Gasteiger partial charge in [0.1, 0.15) is 0 Å². The second-order valence-corrected chi connectivity index (χ2v) is 7.14. The number of aliphatic hydroxyl groups is 1. The molecule has 1 aromatic carbocycles. The fourth-order valence-corrected chi connectivity index (χ4v) is 3.43. The molecule has 2 atom stereocenters. The van der Waals surface area contributed by atoms with Gasteiger partial charge in [0.15, 0.2) is 17.1 Å². The fraction of sp³-hybridized carbons (Fsp3) is 0.550. The van der Waals surface area contributed by atoms with E-state index in [0.717, 1.165) is 10.9 Å². The van der Waals surface area contributed by atoms with Crippen molar-refractivity contribution >= 4 is 16.9 Å². The minimum atomic E-state index is -0.881.